The summed E-state index contributed by atoms with van der Waals surface area (Å²) in [6.07, 6.45) is 4.08. The van der Waals surface area contributed by atoms with Gasteiger partial charge in [-0.3, -0.25) is 14.8 Å². The van der Waals surface area contributed by atoms with E-state index in [1.165, 1.54) is 0 Å². The lowest BCUT2D eigenvalue weighted by Gasteiger charge is -2.18. The van der Waals surface area contributed by atoms with E-state index in [1.807, 2.05) is 48.5 Å². The number of hydrogen-bond donors (Lipinski definition) is 2. The minimum Gasteiger partial charge on any atom is -0.444 e. The van der Waals surface area contributed by atoms with Crippen LogP contribution in [0, 0.1) is 0 Å². The van der Waals surface area contributed by atoms with Crippen molar-refractivity contribution in [1.29, 1.82) is 0 Å². The summed E-state index contributed by atoms with van der Waals surface area (Å²) in [7, 11) is 3.44. The lowest BCUT2D eigenvalue weighted by Crippen LogP contribution is -2.43. The van der Waals surface area contributed by atoms with Crippen LogP contribution in [-0.4, -0.2) is 53.9 Å². The molecule has 2 aromatic heterocycles. The van der Waals surface area contributed by atoms with E-state index in [0.29, 0.717) is 31.4 Å². The van der Waals surface area contributed by atoms with Gasteiger partial charge in [0.05, 0.1) is 18.8 Å². The zero-order valence-corrected chi connectivity index (χ0v) is 19.9. The van der Waals surface area contributed by atoms with Crippen LogP contribution < -0.4 is 10.6 Å². The van der Waals surface area contributed by atoms with E-state index in [-0.39, 0.29) is 36.4 Å². The predicted octanol–water partition coefficient (Wildman–Crippen LogP) is 2.72. The molecule has 0 aliphatic rings. The fourth-order valence-corrected chi connectivity index (χ4v) is 2.74. The lowest BCUT2D eigenvalue weighted by atomic mass is 10.2. The molecule has 8 nitrogen and oxygen atoms in total. The molecule has 1 amide bonds. The number of pyridine rings is 1. The van der Waals surface area contributed by atoms with Gasteiger partial charge in [0.1, 0.15) is 6.26 Å². The van der Waals surface area contributed by atoms with Gasteiger partial charge in [0.15, 0.2) is 5.96 Å². The topological polar surface area (TPSA) is 95.7 Å². The van der Waals surface area contributed by atoms with Gasteiger partial charge in [-0.2, -0.15) is 0 Å². The second-order valence-electron chi connectivity index (χ2n) is 6.68. The Bertz CT molecular complexity index is 962. The molecule has 3 aromatic rings. The zero-order valence-electron chi connectivity index (χ0n) is 17.6. The number of benzene rings is 1. The maximum Gasteiger partial charge on any atom is 0.241 e. The number of oxazole rings is 1. The number of aliphatic imine (C=N–C) groups is 1. The number of carbonyl (C=O) groups is 1. The Morgan fingerprint density at radius 3 is 2.58 bits per heavy atom. The van der Waals surface area contributed by atoms with E-state index >= 15 is 0 Å². The highest BCUT2D eigenvalue weighted by Crippen LogP contribution is 2.17. The van der Waals surface area contributed by atoms with Gasteiger partial charge in [-0.1, -0.05) is 24.3 Å². The van der Waals surface area contributed by atoms with Gasteiger partial charge in [0.25, 0.3) is 0 Å². The molecule has 1 aromatic carbocycles. The maximum absolute atomic E-state index is 12.4. The van der Waals surface area contributed by atoms with Crippen LogP contribution in [0.4, 0.5) is 0 Å². The van der Waals surface area contributed by atoms with Gasteiger partial charge in [-0.15, -0.1) is 24.0 Å². The van der Waals surface area contributed by atoms with Crippen LogP contribution in [-0.2, 0) is 17.8 Å². The number of nitrogens with zero attached hydrogens (tertiary/aromatic N) is 4. The Labute approximate surface area is 199 Å². The molecule has 0 bridgehead atoms. The van der Waals surface area contributed by atoms with Gasteiger partial charge in [0, 0.05) is 44.5 Å². The molecule has 0 aliphatic carbocycles. The average molecular weight is 534 g/mol. The molecule has 2 N–H and O–H groups in total. The molecule has 164 valence electrons. The number of likely N-dealkylation sites (N-methyl/N-ethyl adjacent to an activating group) is 1. The molecule has 0 radical (unpaired) electrons. The van der Waals surface area contributed by atoms with Crippen LogP contribution in [0.1, 0.15) is 11.4 Å². The molecule has 0 atom stereocenters. The van der Waals surface area contributed by atoms with E-state index in [0.717, 1.165) is 17.0 Å². The van der Waals surface area contributed by atoms with E-state index in [1.54, 1.807) is 31.5 Å². The minimum absolute atomic E-state index is 0. The second kappa shape index (κ2) is 12.7. The fourth-order valence-electron chi connectivity index (χ4n) is 2.74. The summed E-state index contributed by atoms with van der Waals surface area (Å²) >= 11 is 0. The highest BCUT2D eigenvalue weighted by molar-refractivity contribution is 14.0. The van der Waals surface area contributed by atoms with Crippen LogP contribution >= 0.6 is 24.0 Å². The smallest absolute Gasteiger partial charge is 0.241 e. The van der Waals surface area contributed by atoms with Crippen molar-refractivity contribution in [3.8, 4) is 11.5 Å². The summed E-state index contributed by atoms with van der Waals surface area (Å²) in [6.45, 7) is 1.18. The van der Waals surface area contributed by atoms with Crippen molar-refractivity contribution >= 4 is 35.8 Å². The standard InChI is InChI=1S/C22H26N6O2.HI/c1-23-22(25-14-19-16-30-21(27-19)17-8-4-3-5-9-17)26-15-20(29)28(2)13-11-18-10-6-7-12-24-18;/h3-10,12,16H,11,13-15H2,1-2H3,(H2,23,25,26);1H. The first-order valence-corrected chi connectivity index (χ1v) is 9.74. The Hall–Kier alpha value is -2.95. The van der Waals surface area contributed by atoms with Gasteiger partial charge in [-0.25, -0.2) is 4.98 Å². The van der Waals surface area contributed by atoms with E-state index in [4.69, 9.17) is 4.42 Å². The molecule has 0 saturated carbocycles. The van der Waals surface area contributed by atoms with Crippen LogP contribution in [0.2, 0.25) is 0 Å². The molecular weight excluding hydrogens is 507 g/mol. The van der Waals surface area contributed by atoms with Crippen LogP contribution in [0.15, 0.2) is 70.4 Å². The summed E-state index contributed by atoms with van der Waals surface area (Å²) in [5, 5.41) is 6.17. The van der Waals surface area contributed by atoms with Gasteiger partial charge in [0.2, 0.25) is 11.8 Å². The van der Waals surface area contributed by atoms with Crippen molar-refractivity contribution in [2.45, 2.75) is 13.0 Å². The van der Waals surface area contributed by atoms with Gasteiger partial charge < -0.3 is 20.0 Å². The van der Waals surface area contributed by atoms with Crippen molar-refractivity contribution in [2.75, 3.05) is 27.2 Å². The van der Waals surface area contributed by atoms with Crippen molar-refractivity contribution in [3.63, 3.8) is 0 Å². The largest absolute Gasteiger partial charge is 0.444 e. The molecule has 0 saturated heterocycles. The first kappa shape index (κ1) is 24.3. The number of amides is 1. The number of halogens is 1. The number of aromatic nitrogens is 2. The first-order valence-electron chi connectivity index (χ1n) is 9.74. The van der Waals surface area contributed by atoms with E-state index in [2.05, 4.69) is 25.6 Å². The van der Waals surface area contributed by atoms with E-state index < -0.39 is 0 Å². The summed E-state index contributed by atoms with van der Waals surface area (Å²) in [5.74, 6) is 1.06. The zero-order chi connectivity index (χ0) is 21.2. The summed E-state index contributed by atoms with van der Waals surface area (Å²) in [6, 6.07) is 15.5. The lowest BCUT2D eigenvalue weighted by molar-refractivity contribution is -0.128. The third-order valence-corrected chi connectivity index (χ3v) is 4.50. The Balaban J connectivity index is 0.00000341. The monoisotopic (exact) mass is 534 g/mol. The van der Waals surface area contributed by atoms with E-state index in [9.17, 15) is 4.79 Å². The van der Waals surface area contributed by atoms with Gasteiger partial charge >= 0.3 is 0 Å². The quantitative estimate of drug-likeness (QED) is 0.262. The van der Waals surface area contributed by atoms with Crippen LogP contribution in [0.5, 0.6) is 0 Å². The number of guanidine groups is 1. The van der Waals surface area contributed by atoms with Crippen molar-refractivity contribution < 1.29 is 9.21 Å². The third kappa shape index (κ3) is 7.67. The molecule has 9 heteroatoms. The van der Waals surface area contributed by atoms with Crippen LogP contribution in [0.25, 0.3) is 11.5 Å². The summed E-state index contributed by atoms with van der Waals surface area (Å²) in [5.41, 5.74) is 2.63. The van der Waals surface area contributed by atoms with Crippen molar-refractivity contribution in [3.05, 3.63) is 72.4 Å². The Morgan fingerprint density at radius 2 is 1.87 bits per heavy atom. The normalized spacial score (nSPS) is 10.8. The molecule has 31 heavy (non-hydrogen) atoms. The third-order valence-electron chi connectivity index (χ3n) is 4.50. The molecule has 0 spiro atoms. The Kier molecular flexibility index (Phi) is 9.95. The number of hydrogen-bond acceptors (Lipinski definition) is 5. The summed E-state index contributed by atoms with van der Waals surface area (Å²) in [4.78, 5) is 26.9. The predicted molar refractivity (Wildman–Crippen MR) is 131 cm³/mol. The number of rotatable bonds is 8. The fraction of sp³-hybridized carbons (Fsp3) is 0.273. The molecule has 0 aliphatic heterocycles. The molecule has 0 fully saturated rings. The first-order chi connectivity index (χ1) is 14.7. The molecule has 0 unspecified atom stereocenters. The highest BCUT2D eigenvalue weighted by Gasteiger charge is 2.11. The molecular formula is C22H27IN6O2. The van der Waals surface area contributed by atoms with Gasteiger partial charge in [-0.05, 0) is 24.3 Å². The minimum atomic E-state index is -0.0262. The number of carbonyl (C=O) groups excluding carboxylic acids is 1. The average Bonchev–Trinajstić information content (AvgIpc) is 3.28. The van der Waals surface area contributed by atoms with Crippen molar-refractivity contribution in [1.82, 2.24) is 25.5 Å². The molecule has 2 heterocycles. The summed E-state index contributed by atoms with van der Waals surface area (Å²) < 4.78 is 5.53. The second-order valence-corrected chi connectivity index (χ2v) is 6.68. The SMILES string of the molecule is CN=C(NCC(=O)N(C)CCc1ccccn1)NCc1coc(-c2ccccc2)n1.I. The number of nitrogens with one attached hydrogen (secondary N) is 2. The Morgan fingerprint density at radius 1 is 1.10 bits per heavy atom. The van der Waals surface area contributed by atoms with Crippen molar-refractivity contribution in [2.24, 2.45) is 4.99 Å². The van der Waals surface area contributed by atoms with Crippen LogP contribution in [0.3, 0.4) is 0 Å². The highest BCUT2D eigenvalue weighted by atomic mass is 127. The maximum atomic E-state index is 12.4. The molecule has 3 rings (SSSR count).